The zero-order valence-corrected chi connectivity index (χ0v) is 13.7. The van der Waals surface area contributed by atoms with E-state index >= 15 is 0 Å². The summed E-state index contributed by atoms with van der Waals surface area (Å²) >= 11 is 0. The molecule has 1 N–H and O–H groups in total. The molecule has 1 aromatic carbocycles. The van der Waals surface area contributed by atoms with Crippen molar-refractivity contribution in [1.29, 1.82) is 0 Å². The largest absolute Gasteiger partial charge is 0.494 e. The van der Waals surface area contributed by atoms with E-state index in [0.29, 0.717) is 19.7 Å². The minimum Gasteiger partial charge on any atom is -0.494 e. The predicted molar refractivity (Wildman–Crippen MR) is 86.1 cm³/mol. The van der Waals surface area contributed by atoms with Gasteiger partial charge in [0, 0.05) is 13.1 Å². The van der Waals surface area contributed by atoms with Crippen LogP contribution in [0, 0.1) is 0 Å². The van der Waals surface area contributed by atoms with Gasteiger partial charge in [-0.15, -0.1) is 0 Å². The highest BCUT2D eigenvalue weighted by Gasteiger charge is 2.12. The maximum absolute atomic E-state index is 11.4. The first-order valence-electron chi connectivity index (χ1n) is 7.37. The smallest absolute Gasteiger partial charge is 0.211 e. The van der Waals surface area contributed by atoms with Crippen molar-refractivity contribution in [2.45, 2.75) is 19.8 Å². The molecule has 0 bridgehead atoms. The van der Waals surface area contributed by atoms with Crippen LogP contribution >= 0.6 is 0 Å². The second-order valence-electron chi connectivity index (χ2n) is 4.87. The van der Waals surface area contributed by atoms with E-state index < -0.39 is 10.0 Å². The summed E-state index contributed by atoms with van der Waals surface area (Å²) in [4.78, 5) is 0. The van der Waals surface area contributed by atoms with Gasteiger partial charge in [-0.3, -0.25) is 0 Å². The summed E-state index contributed by atoms with van der Waals surface area (Å²) in [6.07, 6.45) is 3.00. The molecule has 21 heavy (non-hydrogen) atoms. The van der Waals surface area contributed by atoms with Gasteiger partial charge >= 0.3 is 0 Å². The summed E-state index contributed by atoms with van der Waals surface area (Å²) in [7, 11) is -3.06. The Bertz CT molecular complexity index is 477. The van der Waals surface area contributed by atoms with Gasteiger partial charge in [-0.2, -0.15) is 0 Å². The van der Waals surface area contributed by atoms with Crippen LogP contribution in [0.5, 0.6) is 5.75 Å². The van der Waals surface area contributed by atoms with Crippen molar-refractivity contribution in [1.82, 2.24) is 9.62 Å². The quantitative estimate of drug-likeness (QED) is 0.632. The highest BCUT2D eigenvalue weighted by Crippen LogP contribution is 2.08. The second kappa shape index (κ2) is 9.76. The van der Waals surface area contributed by atoms with E-state index in [4.69, 9.17) is 4.74 Å². The van der Waals surface area contributed by atoms with Crippen LogP contribution < -0.4 is 10.1 Å². The Morgan fingerprint density at radius 2 is 1.81 bits per heavy atom. The van der Waals surface area contributed by atoms with Gasteiger partial charge < -0.3 is 10.1 Å². The minimum atomic E-state index is -3.06. The van der Waals surface area contributed by atoms with E-state index in [1.54, 1.807) is 0 Å². The Balaban J connectivity index is 2.00. The Morgan fingerprint density at radius 1 is 1.14 bits per heavy atom. The first-order valence-corrected chi connectivity index (χ1v) is 9.22. The molecule has 0 saturated carbocycles. The number of sulfonamides is 1. The maximum atomic E-state index is 11.4. The van der Waals surface area contributed by atoms with Crippen LogP contribution in [-0.4, -0.2) is 51.8 Å². The van der Waals surface area contributed by atoms with E-state index in [9.17, 15) is 8.42 Å². The number of nitrogens with zero attached hydrogens (tertiary/aromatic N) is 1. The number of benzene rings is 1. The number of hydrogen-bond donors (Lipinski definition) is 1. The van der Waals surface area contributed by atoms with Gasteiger partial charge in [0.25, 0.3) is 0 Å². The summed E-state index contributed by atoms with van der Waals surface area (Å²) in [6.45, 7) is 5.33. The third kappa shape index (κ3) is 8.04. The first-order chi connectivity index (χ1) is 10.0. The molecule has 120 valence electrons. The molecule has 0 aliphatic heterocycles. The number of rotatable bonds is 11. The number of para-hydroxylation sites is 1. The van der Waals surface area contributed by atoms with Crippen molar-refractivity contribution in [3.05, 3.63) is 30.3 Å². The molecular weight excluding hydrogens is 288 g/mol. The molecule has 0 saturated heterocycles. The average Bonchev–Trinajstić information content (AvgIpc) is 2.45. The van der Waals surface area contributed by atoms with Crippen LogP contribution in [0.3, 0.4) is 0 Å². The Labute approximate surface area is 128 Å². The normalized spacial score (nSPS) is 11.8. The lowest BCUT2D eigenvalue weighted by atomic mass is 10.3. The summed E-state index contributed by atoms with van der Waals surface area (Å²) in [6, 6.07) is 9.75. The van der Waals surface area contributed by atoms with E-state index in [1.807, 2.05) is 37.3 Å². The number of ether oxygens (including phenoxy) is 1. The van der Waals surface area contributed by atoms with Crippen LogP contribution in [0.2, 0.25) is 0 Å². The van der Waals surface area contributed by atoms with Gasteiger partial charge in [-0.25, -0.2) is 12.7 Å². The van der Waals surface area contributed by atoms with E-state index in [-0.39, 0.29) is 0 Å². The summed E-state index contributed by atoms with van der Waals surface area (Å²) in [5, 5.41) is 3.30. The number of nitrogens with one attached hydrogen (secondary N) is 1. The van der Waals surface area contributed by atoms with Crippen LogP contribution in [0.1, 0.15) is 19.8 Å². The molecule has 0 amide bonds. The molecule has 6 heteroatoms. The predicted octanol–water partition coefficient (Wildman–Crippen LogP) is 1.72. The van der Waals surface area contributed by atoms with Crippen molar-refractivity contribution in [2.75, 3.05) is 39.0 Å². The molecule has 0 aliphatic rings. The molecule has 0 fully saturated rings. The molecule has 0 aromatic heterocycles. The fraction of sp³-hybridized carbons (Fsp3) is 0.600. The Kier molecular flexibility index (Phi) is 8.34. The number of hydrogen-bond acceptors (Lipinski definition) is 4. The van der Waals surface area contributed by atoms with Crippen LogP contribution in [0.4, 0.5) is 0 Å². The lowest BCUT2D eigenvalue weighted by molar-refractivity contribution is 0.307. The van der Waals surface area contributed by atoms with E-state index in [2.05, 4.69) is 5.32 Å². The van der Waals surface area contributed by atoms with Crippen molar-refractivity contribution in [3.63, 3.8) is 0 Å². The summed E-state index contributed by atoms with van der Waals surface area (Å²) < 4.78 is 29.9. The third-order valence-electron chi connectivity index (χ3n) is 3.09. The van der Waals surface area contributed by atoms with Crippen molar-refractivity contribution in [2.24, 2.45) is 0 Å². The van der Waals surface area contributed by atoms with Gasteiger partial charge in [0.15, 0.2) is 0 Å². The Hall–Kier alpha value is -1.11. The lowest BCUT2D eigenvalue weighted by Gasteiger charge is -2.17. The van der Waals surface area contributed by atoms with Crippen molar-refractivity contribution >= 4 is 10.0 Å². The molecule has 0 heterocycles. The minimum absolute atomic E-state index is 0.531. The van der Waals surface area contributed by atoms with Crippen molar-refractivity contribution in [3.8, 4) is 5.75 Å². The highest BCUT2D eigenvalue weighted by molar-refractivity contribution is 7.88. The maximum Gasteiger partial charge on any atom is 0.211 e. The van der Waals surface area contributed by atoms with Crippen molar-refractivity contribution < 1.29 is 13.2 Å². The van der Waals surface area contributed by atoms with Gasteiger partial charge in [0.2, 0.25) is 10.0 Å². The Morgan fingerprint density at radius 3 is 2.43 bits per heavy atom. The van der Waals surface area contributed by atoms with Crippen LogP contribution in [-0.2, 0) is 10.0 Å². The van der Waals surface area contributed by atoms with Crippen LogP contribution in [0.15, 0.2) is 30.3 Å². The van der Waals surface area contributed by atoms with Gasteiger partial charge in [0.05, 0.1) is 12.9 Å². The van der Waals surface area contributed by atoms with Gasteiger partial charge in [-0.05, 0) is 38.1 Å². The topological polar surface area (TPSA) is 58.6 Å². The highest BCUT2D eigenvalue weighted by atomic mass is 32.2. The zero-order chi connectivity index (χ0) is 15.6. The molecule has 1 rings (SSSR count). The average molecular weight is 314 g/mol. The molecule has 0 unspecified atom stereocenters. The van der Waals surface area contributed by atoms with Crippen LogP contribution in [0.25, 0.3) is 0 Å². The second-order valence-corrected chi connectivity index (χ2v) is 6.86. The van der Waals surface area contributed by atoms with E-state index in [0.717, 1.165) is 31.7 Å². The van der Waals surface area contributed by atoms with Gasteiger partial charge in [-0.1, -0.05) is 25.1 Å². The molecule has 5 nitrogen and oxygen atoms in total. The van der Waals surface area contributed by atoms with Gasteiger partial charge in [0.1, 0.15) is 5.75 Å². The summed E-state index contributed by atoms with van der Waals surface area (Å²) in [5.41, 5.74) is 0. The lowest BCUT2D eigenvalue weighted by Crippen LogP contribution is -2.32. The molecular formula is C15H26N2O3S. The molecule has 0 radical (unpaired) electrons. The standard InChI is InChI=1S/C15H26N2O3S/c1-3-17(21(2,18)19)13-7-11-16-12-8-14-20-15-9-5-4-6-10-15/h4-6,9-10,16H,3,7-8,11-14H2,1-2H3. The zero-order valence-electron chi connectivity index (χ0n) is 12.9. The molecule has 0 aliphatic carbocycles. The molecule has 1 aromatic rings. The molecule has 0 atom stereocenters. The fourth-order valence-electron chi connectivity index (χ4n) is 1.97. The van der Waals surface area contributed by atoms with E-state index in [1.165, 1.54) is 10.6 Å². The first kappa shape index (κ1) is 17.9. The fourth-order valence-corrected chi connectivity index (χ4v) is 2.90. The SMILES string of the molecule is CCN(CCCNCCCOc1ccccc1)S(C)(=O)=O. The monoisotopic (exact) mass is 314 g/mol. The summed E-state index contributed by atoms with van der Waals surface area (Å²) in [5.74, 6) is 0.893. The molecule has 0 spiro atoms. The third-order valence-corrected chi connectivity index (χ3v) is 4.47.